The molecule has 5 nitrogen and oxygen atoms in total. The van der Waals surface area contributed by atoms with Crippen LogP contribution in [0, 0.1) is 11.8 Å². The van der Waals surface area contributed by atoms with Crippen molar-refractivity contribution >= 4 is 0 Å². The fourth-order valence-corrected chi connectivity index (χ4v) is 4.08. The molecule has 1 aliphatic heterocycles. The monoisotopic (exact) mass is 333 g/mol. The van der Waals surface area contributed by atoms with Crippen molar-refractivity contribution in [3.05, 3.63) is 35.6 Å². The number of phenolic OH excluding ortho intramolecular Hbond substituents is 1. The minimum absolute atomic E-state index is 0.0305. The van der Waals surface area contributed by atoms with Gasteiger partial charge in [0.1, 0.15) is 11.9 Å². The number of rotatable bonds is 5. The van der Waals surface area contributed by atoms with Gasteiger partial charge >= 0.3 is 0 Å². The van der Waals surface area contributed by atoms with Crippen molar-refractivity contribution in [2.75, 3.05) is 27.9 Å². The Morgan fingerprint density at radius 1 is 1.21 bits per heavy atom. The second-order valence-corrected chi connectivity index (χ2v) is 6.62. The predicted molar refractivity (Wildman–Crippen MR) is 92.3 cm³/mol. The quantitative estimate of drug-likeness (QED) is 0.867. The van der Waals surface area contributed by atoms with Crippen LogP contribution in [0.5, 0.6) is 11.5 Å². The van der Waals surface area contributed by atoms with E-state index < -0.39 is 0 Å². The Morgan fingerprint density at radius 2 is 2.04 bits per heavy atom. The fourth-order valence-electron chi connectivity index (χ4n) is 4.08. The maximum atomic E-state index is 10.0. The second kappa shape index (κ2) is 7.45. The molecule has 4 atom stereocenters. The van der Waals surface area contributed by atoms with E-state index in [0.29, 0.717) is 23.6 Å². The van der Waals surface area contributed by atoms with Gasteiger partial charge in [0, 0.05) is 13.2 Å². The van der Waals surface area contributed by atoms with E-state index in [9.17, 15) is 5.11 Å². The Balaban J connectivity index is 1.76. The van der Waals surface area contributed by atoms with E-state index >= 15 is 0 Å². The summed E-state index contributed by atoms with van der Waals surface area (Å²) in [6.45, 7) is 0.999. The average molecular weight is 333 g/mol. The Labute approximate surface area is 143 Å². The molecule has 3 rings (SSSR count). The number of piperidine rings is 1. The standard InChI is InChI=1S/C19H27NO4/c1-22-17-5-4-12(9-16(17)21)8-15-14-11-19(24-3)18(23-2)10-13(14)6-7-20-15/h4-5,9-10,13-15,19-21H,6-8,11H2,1-3H3. The van der Waals surface area contributed by atoms with E-state index in [0.717, 1.165) is 37.1 Å². The molecule has 1 aromatic rings. The van der Waals surface area contributed by atoms with E-state index in [2.05, 4.69) is 11.4 Å². The average Bonchev–Trinajstić information content (AvgIpc) is 2.61. The lowest BCUT2D eigenvalue weighted by molar-refractivity contribution is 0.0269. The van der Waals surface area contributed by atoms with Crippen molar-refractivity contribution in [3.63, 3.8) is 0 Å². The number of allylic oxidation sites excluding steroid dienone is 1. The third-order valence-corrected chi connectivity index (χ3v) is 5.35. The van der Waals surface area contributed by atoms with E-state index in [4.69, 9.17) is 14.2 Å². The van der Waals surface area contributed by atoms with Crippen molar-refractivity contribution in [1.82, 2.24) is 5.32 Å². The smallest absolute Gasteiger partial charge is 0.160 e. The predicted octanol–water partition coefficient (Wildman–Crippen LogP) is 2.49. The molecule has 5 heteroatoms. The zero-order chi connectivity index (χ0) is 17.1. The number of methoxy groups -OCH3 is 3. The number of benzene rings is 1. The molecule has 0 amide bonds. The Kier molecular flexibility index (Phi) is 5.31. The summed E-state index contributed by atoms with van der Waals surface area (Å²) in [5, 5.41) is 13.7. The molecule has 2 N–H and O–H groups in total. The van der Waals surface area contributed by atoms with Gasteiger partial charge in [-0.3, -0.25) is 0 Å². The normalized spacial score (nSPS) is 29.5. The first-order valence-electron chi connectivity index (χ1n) is 8.54. The molecule has 0 spiro atoms. The fraction of sp³-hybridized carbons (Fsp3) is 0.579. The molecule has 4 unspecified atom stereocenters. The number of fused-ring (bicyclic) bond motifs is 1. The maximum Gasteiger partial charge on any atom is 0.160 e. The van der Waals surface area contributed by atoms with Gasteiger partial charge in [-0.25, -0.2) is 0 Å². The largest absolute Gasteiger partial charge is 0.504 e. The van der Waals surface area contributed by atoms with Gasteiger partial charge in [0.2, 0.25) is 0 Å². The van der Waals surface area contributed by atoms with Crippen LogP contribution >= 0.6 is 0 Å². The van der Waals surface area contributed by atoms with Gasteiger partial charge in [-0.05, 0) is 61.4 Å². The number of phenols is 1. The van der Waals surface area contributed by atoms with Gasteiger partial charge in [0.25, 0.3) is 0 Å². The van der Waals surface area contributed by atoms with Crippen LogP contribution in [0.1, 0.15) is 18.4 Å². The lowest BCUT2D eigenvalue weighted by atomic mass is 9.72. The molecular formula is C19H27NO4. The summed E-state index contributed by atoms with van der Waals surface area (Å²) < 4.78 is 16.2. The van der Waals surface area contributed by atoms with Crippen LogP contribution in [-0.2, 0) is 15.9 Å². The molecule has 24 heavy (non-hydrogen) atoms. The highest BCUT2D eigenvalue weighted by Crippen LogP contribution is 2.38. The van der Waals surface area contributed by atoms with Crippen LogP contribution in [0.15, 0.2) is 30.0 Å². The topological polar surface area (TPSA) is 60.0 Å². The molecule has 132 valence electrons. The number of hydrogen-bond acceptors (Lipinski definition) is 5. The van der Waals surface area contributed by atoms with Gasteiger partial charge in [0.05, 0.1) is 14.2 Å². The molecule has 0 aromatic heterocycles. The molecule has 1 aromatic carbocycles. The summed E-state index contributed by atoms with van der Waals surface area (Å²) in [5.41, 5.74) is 1.11. The third kappa shape index (κ3) is 3.37. The lowest BCUT2D eigenvalue weighted by Crippen LogP contribution is -2.50. The molecule has 1 aliphatic carbocycles. The van der Waals surface area contributed by atoms with Crippen molar-refractivity contribution in [2.45, 2.75) is 31.4 Å². The van der Waals surface area contributed by atoms with Crippen molar-refractivity contribution in [3.8, 4) is 11.5 Å². The van der Waals surface area contributed by atoms with Crippen LogP contribution in [0.4, 0.5) is 0 Å². The highest BCUT2D eigenvalue weighted by molar-refractivity contribution is 5.42. The Bertz CT molecular complexity index is 601. The molecule has 0 bridgehead atoms. The van der Waals surface area contributed by atoms with Crippen molar-refractivity contribution in [1.29, 1.82) is 0 Å². The van der Waals surface area contributed by atoms with Gasteiger partial charge in [0.15, 0.2) is 11.5 Å². The van der Waals surface area contributed by atoms with E-state index in [-0.39, 0.29) is 11.9 Å². The summed E-state index contributed by atoms with van der Waals surface area (Å²) in [6, 6.07) is 6.02. The number of hydrogen-bond donors (Lipinski definition) is 2. The first-order chi connectivity index (χ1) is 11.7. The molecule has 0 radical (unpaired) electrons. The summed E-state index contributed by atoms with van der Waals surface area (Å²) in [7, 11) is 5.02. The number of ether oxygens (including phenoxy) is 3. The summed E-state index contributed by atoms with van der Waals surface area (Å²) in [6.07, 6.45) is 5.24. The molecule has 2 aliphatic rings. The highest BCUT2D eigenvalue weighted by atomic mass is 16.5. The third-order valence-electron chi connectivity index (χ3n) is 5.35. The zero-order valence-corrected chi connectivity index (χ0v) is 14.6. The highest BCUT2D eigenvalue weighted by Gasteiger charge is 2.38. The van der Waals surface area contributed by atoms with E-state index in [1.54, 1.807) is 27.4 Å². The van der Waals surface area contributed by atoms with Gasteiger partial charge < -0.3 is 24.6 Å². The molecule has 1 fully saturated rings. The Morgan fingerprint density at radius 3 is 2.71 bits per heavy atom. The minimum atomic E-state index is 0.0305. The zero-order valence-electron chi connectivity index (χ0n) is 14.6. The minimum Gasteiger partial charge on any atom is -0.504 e. The Hall–Kier alpha value is -1.72. The van der Waals surface area contributed by atoms with Gasteiger partial charge in [-0.15, -0.1) is 0 Å². The molecule has 1 heterocycles. The second-order valence-electron chi connectivity index (χ2n) is 6.62. The van der Waals surface area contributed by atoms with Crippen molar-refractivity contribution < 1.29 is 19.3 Å². The van der Waals surface area contributed by atoms with Crippen LogP contribution in [-0.4, -0.2) is 45.1 Å². The van der Waals surface area contributed by atoms with Crippen molar-refractivity contribution in [2.24, 2.45) is 11.8 Å². The molecule has 0 saturated carbocycles. The van der Waals surface area contributed by atoms with E-state index in [1.165, 1.54) is 0 Å². The lowest BCUT2D eigenvalue weighted by Gasteiger charge is -2.42. The SMILES string of the molecule is COC1=CC2CCNC(Cc3ccc(OC)c(O)c3)C2CC1OC. The first-order valence-corrected chi connectivity index (χ1v) is 8.54. The summed E-state index contributed by atoms with van der Waals surface area (Å²) in [4.78, 5) is 0. The van der Waals surface area contributed by atoms with Crippen LogP contribution < -0.4 is 10.1 Å². The summed E-state index contributed by atoms with van der Waals surface area (Å²) in [5.74, 6) is 2.69. The van der Waals surface area contributed by atoms with E-state index in [1.807, 2.05) is 12.1 Å². The first kappa shape index (κ1) is 17.1. The maximum absolute atomic E-state index is 10.0. The van der Waals surface area contributed by atoms with Crippen LogP contribution in [0.2, 0.25) is 0 Å². The number of aromatic hydroxyl groups is 1. The van der Waals surface area contributed by atoms with Crippen LogP contribution in [0.25, 0.3) is 0 Å². The van der Waals surface area contributed by atoms with Crippen LogP contribution in [0.3, 0.4) is 0 Å². The van der Waals surface area contributed by atoms with Gasteiger partial charge in [-0.2, -0.15) is 0 Å². The van der Waals surface area contributed by atoms with Gasteiger partial charge in [-0.1, -0.05) is 6.07 Å². The molecule has 1 saturated heterocycles. The molecular weight excluding hydrogens is 306 g/mol. The summed E-state index contributed by atoms with van der Waals surface area (Å²) >= 11 is 0. The number of nitrogens with one attached hydrogen (secondary N) is 1.